The summed E-state index contributed by atoms with van der Waals surface area (Å²) in [5, 5.41) is 0.884. The molecule has 0 aliphatic carbocycles. The van der Waals surface area contributed by atoms with Gasteiger partial charge in [0, 0.05) is 42.7 Å². The second-order valence-electron chi connectivity index (χ2n) is 4.50. The molecule has 1 aliphatic heterocycles. The number of thioether (sulfide) groups is 1. The van der Waals surface area contributed by atoms with Crippen LogP contribution in [0.2, 0.25) is 0 Å². The molecule has 0 fully saturated rings. The number of thiophene rings is 1. The van der Waals surface area contributed by atoms with Gasteiger partial charge in [-0.25, -0.2) is 9.97 Å². The Morgan fingerprint density at radius 1 is 1.47 bits per heavy atom. The van der Waals surface area contributed by atoms with Gasteiger partial charge >= 0.3 is 0 Å². The third kappa shape index (κ3) is 3.18. The highest BCUT2D eigenvalue weighted by atomic mass is 79.9. The summed E-state index contributed by atoms with van der Waals surface area (Å²) in [5.74, 6) is 0. The first-order valence-electron chi connectivity index (χ1n) is 6.10. The van der Waals surface area contributed by atoms with Gasteiger partial charge in [-0.05, 0) is 34.3 Å². The molecule has 2 aromatic rings. The van der Waals surface area contributed by atoms with Crippen LogP contribution in [0.5, 0.6) is 0 Å². The Labute approximate surface area is 129 Å². The second-order valence-corrected chi connectivity index (χ2v) is 7.82. The summed E-state index contributed by atoms with van der Waals surface area (Å²) < 4.78 is 1.20. The fourth-order valence-corrected chi connectivity index (χ4v) is 4.13. The number of hydrogen-bond donors (Lipinski definition) is 0. The summed E-state index contributed by atoms with van der Waals surface area (Å²) in [4.78, 5) is 12.8. The third-order valence-corrected chi connectivity index (χ3v) is 5.35. The van der Waals surface area contributed by atoms with E-state index >= 15 is 0 Å². The molecule has 0 amide bonds. The Kier molecular flexibility index (Phi) is 4.21. The molecule has 2 aromatic heterocycles. The summed E-state index contributed by atoms with van der Waals surface area (Å²) in [7, 11) is 0. The molecule has 3 heterocycles. The smallest absolute Gasteiger partial charge is 0.187 e. The molecule has 0 bridgehead atoms. The van der Waals surface area contributed by atoms with Crippen molar-refractivity contribution in [1.29, 1.82) is 0 Å². The van der Waals surface area contributed by atoms with Gasteiger partial charge in [-0.15, -0.1) is 11.3 Å². The first-order chi connectivity index (χ1) is 9.24. The summed E-state index contributed by atoms with van der Waals surface area (Å²) >= 11 is 6.93. The minimum Gasteiger partial charge on any atom is -0.293 e. The number of nitrogens with zero attached hydrogens (tertiary/aromatic N) is 3. The third-order valence-electron chi connectivity index (χ3n) is 3.18. The number of hydrogen-bond acceptors (Lipinski definition) is 5. The first-order valence-corrected chi connectivity index (χ1v) is 8.93. The van der Waals surface area contributed by atoms with Crippen LogP contribution >= 0.6 is 39.0 Å². The van der Waals surface area contributed by atoms with Gasteiger partial charge in [-0.3, -0.25) is 4.90 Å². The van der Waals surface area contributed by atoms with Crippen LogP contribution in [-0.2, 0) is 19.5 Å². The Hall–Kier alpha value is -0.430. The molecule has 1 aliphatic rings. The molecule has 6 heteroatoms. The van der Waals surface area contributed by atoms with Crippen molar-refractivity contribution >= 4 is 39.0 Å². The van der Waals surface area contributed by atoms with Gasteiger partial charge in [0.25, 0.3) is 0 Å². The number of fused-ring (bicyclic) bond motifs is 1. The topological polar surface area (TPSA) is 29.0 Å². The van der Waals surface area contributed by atoms with E-state index in [1.165, 1.54) is 19.9 Å². The van der Waals surface area contributed by atoms with Crippen LogP contribution < -0.4 is 0 Å². The fraction of sp³-hybridized carbons (Fsp3) is 0.385. The van der Waals surface area contributed by atoms with Crippen molar-refractivity contribution in [2.45, 2.75) is 24.7 Å². The summed E-state index contributed by atoms with van der Waals surface area (Å²) in [6.07, 6.45) is 5.04. The Morgan fingerprint density at radius 3 is 3.11 bits per heavy atom. The highest BCUT2D eigenvalue weighted by molar-refractivity contribution is 9.11. The maximum absolute atomic E-state index is 4.60. The van der Waals surface area contributed by atoms with Crippen LogP contribution in [0.4, 0.5) is 0 Å². The van der Waals surface area contributed by atoms with Gasteiger partial charge in [-0.2, -0.15) is 0 Å². The maximum Gasteiger partial charge on any atom is 0.187 e. The van der Waals surface area contributed by atoms with Crippen LogP contribution in [0.25, 0.3) is 0 Å². The molecule has 0 atom stereocenters. The molecule has 3 nitrogen and oxygen atoms in total. The van der Waals surface area contributed by atoms with Crippen molar-refractivity contribution in [3.63, 3.8) is 0 Å². The molecule has 0 unspecified atom stereocenters. The zero-order valence-corrected chi connectivity index (χ0v) is 13.8. The Bertz CT molecular complexity index is 585. The number of halogens is 1. The summed E-state index contributed by atoms with van der Waals surface area (Å²) in [6, 6.07) is 4.31. The zero-order chi connectivity index (χ0) is 13.2. The first kappa shape index (κ1) is 13.5. The number of aromatic nitrogens is 2. The van der Waals surface area contributed by atoms with Gasteiger partial charge in [0.15, 0.2) is 5.16 Å². The summed E-state index contributed by atoms with van der Waals surface area (Å²) in [5.41, 5.74) is 2.50. The van der Waals surface area contributed by atoms with Crippen LogP contribution in [0.15, 0.2) is 27.3 Å². The normalized spacial score (nSPS) is 15.5. The van der Waals surface area contributed by atoms with Gasteiger partial charge in [0.1, 0.15) is 0 Å². The maximum atomic E-state index is 4.60. The van der Waals surface area contributed by atoms with E-state index in [4.69, 9.17) is 0 Å². The van der Waals surface area contributed by atoms with E-state index in [-0.39, 0.29) is 0 Å². The zero-order valence-electron chi connectivity index (χ0n) is 10.6. The highest BCUT2D eigenvalue weighted by Gasteiger charge is 2.18. The monoisotopic (exact) mass is 355 g/mol. The lowest BCUT2D eigenvalue weighted by molar-refractivity contribution is 0.244. The molecular formula is C13H14BrN3S2. The standard InChI is InChI=1S/C13H14BrN3S2/c1-18-13-15-6-9-7-17(5-4-11(9)16-13)8-10-2-3-12(14)19-10/h2-3,6H,4-5,7-8H2,1H3. The van der Waals surface area contributed by atoms with E-state index in [2.05, 4.69) is 42.9 Å². The van der Waals surface area contributed by atoms with Gasteiger partial charge in [-0.1, -0.05) is 11.8 Å². The number of rotatable bonds is 3. The molecule has 19 heavy (non-hydrogen) atoms. The molecule has 0 radical (unpaired) electrons. The molecule has 100 valence electrons. The van der Waals surface area contributed by atoms with Crippen LogP contribution in [0.1, 0.15) is 16.1 Å². The lowest BCUT2D eigenvalue weighted by Gasteiger charge is -2.27. The minimum atomic E-state index is 0.884. The lowest BCUT2D eigenvalue weighted by atomic mass is 10.1. The van der Waals surface area contributed by atoms with E-state index in [0.717, 1.165) is 31.2 Å². The quantitative estimate of drug-likeness (QED) is 0.621. The molecule has 0 N–H and O–H groups in total. The molecule has 0 aromatic carbocycles. The largest absolute Gasteiger partial charge is 0.293 e. The summed E-state index contributed by atoms with van der Waals surface area (Å²) in [6.45, 7) is 3.05. The van der Waals surface area contributed by atoms with E-state index < -0.39 is 0 Å². The van der Waals surface area contributed by atoms with Gasteiger partial charge in [0.2, 0.25) is 0 Å². The molecular weight excluding hydrogens is 342 g/mol. The molecule has 0 saturated carbocycles. The SMILES string of the molecule is CSc1ncc2c(n1)CCN(Cc1ccc(Br)s1)C2. The predicted octanol–water partition coefficient (Wildman–Crippen LogP) is 3.58. The lowest BCUT2D eigenvalue weighted by Crippen LogP contribution is -2.30. The van der Waals surface area contributed by atoms with E-state index in [9.17, 15) is 0 Å². The highest BCUT2D eigenvalue weighted by Crippen LogP contribution is 2.26. The van der Waals surface area contributed by atoms with Gasteiger partial charge < -0.3 is 0 Å². The van der Waals surface area contributed by atoms with Crippen molar-refractivity contribution in [3.05, 3.63) is 38.3 Å². The Balaban J connectivity index is 1.71. The predicted molar refractivity (Wildman–Crippen MR) is 83.7 cm³/mol. The van der Waals surface area contributed by atoms with Crippen LogP contribution in [-0.4, -0.2) is 27.7 Å². The van der Waals surface area contributed by atoms with Crippen molar-refractivity contribution in [1.82, 2.24) is 14.9 Å². The molecule has 0 spiro atoms. The van der Waals surface area contributed by atoms with Crippen molar-refractivity contribution in [2.24, 2.45) is 0 Å². The average molecular weight is 356 g/mol. The van der Waals surface area contributed by atoms with Gasteiger partial charge in [0.05, 0.1) is 9.48 Å². The Morgan fingerprint density at radius 2 is 2.37 bits per heavy atom. The average Bonchev–Trinajstić information content (AvgIpc) is 2.83. The minimum absolute atomic E-state index is 0.884. The van der Waals surface area contributed by atoms with Crippen LogP contribution in [0, 0.1) is 0 Å². The van der Waals surface area contributed by atoms with Crippen molar-refractivity contribution in [3.8, 4) is 0 Å². The van der Waals surface area contributed by atoms with E-state index in [0.29, 0.717) is 0 Å². The fourth-order valence-electron chi connectivity index (χ4n) is 2.25. The van der Waals surface area contributed by atoms with E-state index in [1.807, 2.05) is 23.8 Å². The molecule has 3 rings (SSSR count). The second kappa shape index (κ2) is 5.91. The van der Waals surface area contributed by atoms with Crippen molar-refractivity contribution in [2.75, 3.05) is 12.8 Å². The molecule has 0 saturated heterocycles. The van der Waals surface area contributed by atoms with Crippen molar-refractivity contribution < 1.29 is 0 Å². The van der Waals surface area contributed by atoms with E-state index in [1.54, 1.807) is 11.8 Å². The van der Waals surface area contributed by atoms with Crippen LogP contribution in [0.3, 0.4) is 0 Å².